The number of carboxylic acid groups (broad SMARTS) is 1. The number of nitrogens with zero attached hydrogens (tertiary/aromatic N) is 2. The second-order valence-corrected chi connectivity index (χ2v) is 10.2. The Balaban J connectivity index is 1.50. The van der Waals surface area contributed by atoms with Crippen LogP contribution in [0.1, 0.15) is 21.5 Å². The number of carboxylic acids is 1. The van der Waals surface area contributed by atoms with Crippen molar-refractivity contribution in [3.05, 3.63) is 95.7 Å². The Morgan fingerprint density at radius 2 is 1.74 bits per heavy atom. The number of rotatable bonds is 11. The van der Waals surface area contributed by atoms with Gasteiger partial charge >= 0.3 is 12.1 Å². The molecule has 0 saturated heterocycles. The Kier molecular flexibility index (Phi) is 9.50. The van der Waals surface area contributed by atoms with Crippen LogP contribution in [0.2, 0.25) is 0 Å². The minimum absolute atomic E-state index is 0.0303. The molecule has 240 valence electrons. The summed E-state index contributed by atoms with van der Waals surface area (Å²) in [5.41, 5.74) is 0.312. The van der Waals surface area contributed by atoms with Gasteiger partial charge in [0, 0.05) is 18.3 Å². The highest BCUT2D eigenvalue weighted by molar-refractivity contribution is 6.02. The molecule has 0 bridgehead atoms. The highest BCUT2D eigenvalue weighted by Crippen LogP contribution is 2.38. The van der Waals surface area contributed by atoms with Crippen LogP contribution in [-0.2, 0) is 17.5 Å². The maximum atomic E-state index is 14.2. The van der Waals surface area contributed by atoms with E-state index >= 15 is 0 Å². The van der Waals surface area contributed by atoms with Gasteiger partial charge in [-0.15, -0.1) is 0 Å². The van der Waals surface area contributed by atoms with Crippen molar-refractivity contribution >= 4 is 11.9 Å². The molecule has 1 unspecified atom stereocenters. The van der Waals surface area contributed by atoms with Gasteiger partial charge in [-0.25, -0.2) is 4.79 Å². The first-order valence-corrected chi connectivity index (χ1v) is 14.0. The predicted molar refractivity (Wildman–Crippen MR) is 158 cm³/mol. The Labute approximate surface area is 261 Å². The first kappa shape index (κ1) is 31.9. The van der Waals surface area contributed by atoms with Gasteiger partial charge in [0.25, 0.3) is 5.91 Å². The number of hydrogen-bond acceptors (Lipinski definition) is 8. The number of carbonyl (C=O) groups is 2. The molecule has 0 aliphatic carbocycles. The van der Waals surface area contributed by atoms with E-state index in [1.165, 1.54) is 43.5 Å². The molecule has 1 atom stereocenters. The highest BCUT2D eigenvalue weighted by Gasteiger charge is 2.34. The third-order valence-corrected chi connectivity index (χ3v) is 7.04. The first-order valence-electron chi connectivity index (χ1n) is 14.0. The lowest BCUT2D eigenvalue weighted by Crippen LogP contribution is -2.39. The number of carbonyl (C=O) groups excluding carboxylic acids is 1. The van der Waals surface area contributed by atoms with Crippen LogP contribution in [0.3, 0.4) is 0 Å². The number of methoxy groups -OCH3 is 2. The molecule has 46 heavy (non-hydrogen) atoms. The molecule has 1 aliphatic rings. The average molecular weight is 639 g/mol. The van der Waals surface area contributed by atoms with E-state index < -0.39 is 36.3 Å². The van der Waals surface area contributed by atoms with Gasteiger partial charge in [0.05, 0.1) is 32.0 Å². The van der Waals surface area contributed by atoms with E-state index in [1.807, 2.05) is 0 Å². The summed E-state index contributed by atoms with van der Waals surface area (Å²) < 4.78 is 68.9. The molecule has 13 heteroatoms. The fraction of sp³-hybridized carbons (Fsp3) is 0.242. The highest BCUT2D eigenvalue weighted by atomic mass is 19.4. The molecule has 0 fully saturated rings. The van der Waals surface area contributed by atoms with Crippen LogP contribution in [0, 0.1) is 0 Å². The second kappa shape index (κ2) is 13.7. The van der Waals surface area contributed by atoms with E-state index in [0.29, 0.717) is 28.6 Å². The normalized spacial score (nSPS) is 14.5. The number of hydrogen-bond donors (Lipinski definition) is 1. The molecule has 1 aromatic heterocycles. The summed E-state index contributed by atoms with van der Waals surface area (Å²) >= 11 is 0. The fourth-order valence-electron chi connectivity index (χ4n) is 4.97. The molecular weight excluding hydrogens is 609 g/mol. The Morgan fingerprint density at radius 1 is 1.00 bits per heavy atom. The van der Waals surface area contributed by atoms with Crippen molar-refractivity contribution in [2.75, 3.05) is 34.0 Å². The molecule has 3 aromatic carbocycles. The van der Waals surface area contributed by atoms with Gasteiger partial charge in [-0.05, 0) is 60.2 Å². The summed E-state index contributed by atoms with van der Waals surface area (Å²) in [6.07, 6.45) is -3.84. The van der Waals surface area contributed by atoms with Crippen LogP contribution in [0.5, 0.6) is 28.7 Å². The number of aromatic nitrogens is 1. The third kappa shape index (κ3) is 7.25. The number of ether oxygens (including phenoxy) is 5. The predicted octanol–water partition coefficient (Wildman–Crippen LogP) is 5.73. The molecule has 10 nitrogen and oxygen atoms in total. The summed E-state index contributed by atoms with van der Waals surface area (Å²) in [5.74, 6) is 0.0356. The number of pyridine rings is 1. The van der Waals surface area contributed by atoms with Gasteiger partial charge < -0.3 is 33.7 Å². The zero-order valence-corrected chi connectivity index (χ0v) is 24.7. The molecule has 0 saturated carbocycles. The largest absolute Gasteiger partial charge is 0.493 e. The summed E-state index contributed by atoms with van der Waals surface area (Å²) in [5, 5.41) is 8.89. The van der Waals surface area contributed by atoms with E-state index in [2.05, 4.69) is 4.98 Å². The molecule has 2 heterocycles. The Hall–Kier alpha value is -5.46. The number of amides is 1. The zero-order chi connectivity index (χ0) is 32.8. The zero-order valence-electron chi connectivity index (χ0n) is 24.7. The lowest BCUT2D eigenvalue weighted by Gasteiger charge is -2.25. The first-order chi connectivity index (χ1) is 22.1. The van der Waals surface area contributed by atoms with Crippen molar-refractivity contribution in [3.8, 4) is 40.0 Å². The molecule has 1 amide bonds. The maximum absolute atomic E-state index is 14.2. The van der Waals surface area contributed by atoms with E-state index in [0.717, 1.165) is 12.1 Å². The molecule has 5 rings (SSSR count). The fourth-order valence-corrected chi connectivity index (χ4v) is 4.97. The van der Waals surface area contributed by atoms with Gasteiger partial charge in [-0.1, -0.05) is 18.2 Å². The Morgan fingerprint density at radius 3 is 2.43 bits per heavy atom. The number of halogens is 3. The number of fused-ring (bicyclic) bond motifs is 1. The third-order valence-electron chi connectivity index (χ3n) is 7.04. The smallest absolute Gasteiger partial charge is 0.416 e. The van der Waals surface area contributed by atoms with Crippen molar-refractivity contribution in [2.45, 2.75) is 18.8 Å². The number of alkyl halides is 3. The summed E-state index contributed by atoms with van der Waals surface area (Å²) in [7, 11) is 2.96. The van der Waals surface area contributed by atoms with E-state index in [9.17, 15) is 22.8 Å². The molecule has 1 aliphatic heterocycles. The quantitative estimate of drug-likeness (QED) is 0.220. The van der Waals surface area contributed by atoms with E-state index in [-0.39, 0.29) is 42.3 Å². The summed E-state index contributed by atoms with van der Waals surface area (Å²) in [6, 6.07) is 17.7. The van der Waals surface area contributed by atoms with Crippen molar-refractivity contribution in [1.29, 1.82) is 0 Å². The monoisotopic (exact) mass is 638 g/mol. The average Bonchev–Trinajstić information content (AvgIpc) is 3.18. The number of benzene rings is 3. The van der Waals surface area contributed by atoms with Crippen molar-refractivity contribution in [2.24, 2.45) is 0 Å². The molecular formula is C33H29F3N2O8. The van der Waals surface area contributed by atoms with Crippen LogP contribution in [0.15, 0.2) is 79.0 Å². The summed E-state index contributed by atoms with van der Waals surface area (Å²) in [4.78, 5) is 30.9. The molecule has 0 radical (unpaired) electrons. The van der Waals surface area contributed by atoms with Gasteiger partial charge in [0.2, 0.25) is 5.75 Å². The van der Waals surface area contributed by atoms with Crippen LogP contribution < -0.4 is 23.7 Å². The van der Waals surface area contributed by atoms with Gasteiger partial charge in [0.15, 0.2) is 24.2 Å². The SMILES string of the molecule is COc1cccc(OCC2CN(Cc3cccc(C(F)(F)F)c3)C(=O)c3c(ccnc3-c3ccc(OCC(=O)O)cc3)O2)c1OC. The molecule has 0 spiro atoms. The van der Waals surface area contributed by atoms with Crippen molar-refractivity contribution in [1.82, 2.24) is 9.88 Å². The maximum Gasteiger partial charge on any atom is 0.416 e. The standard InChI is InChI=1S/C33H29F3N2O8/c1-42-26-7-4-8-27(31(26)43-2)45-18-24-17-38(16-20-5-3-6-22(15-20)33(34,35)36)32(41)29-25(46-24)13-14-37-30(29)21-9-11-23(12-10-21)44-19-28(39)40/h3-15,24H,16-19H2,1-2H3,(H,39,40). The minimum atomic E-state index is -4.56. The topological polar surface area (TPSA) is 117 Å². The van der Waals surface area contributed by atoms with Gasteiger partial charge in [-0.2, -0.15) is 13.2 Å². The van der Waals surface area contributed by atoms with E-state index in [4.69, 9.17) is 28.8 Å². The van der Waals surface area contributed by atoms with Crippen LogP contribution in [0.4, 0.5) is 13.2 Å². The van der Waals surface area contributed by atoms with Crippen LogP contribution in [-0.4, -0.2) is 66.9 Å². The number of para-hydroxylation sites is 1. The van der Waals surface area contributed by atoms with E-state index in [1.54, 1.807) is 42.5 Å². The Bertz CT molecular complexity index is 1710. The van der Waals surface area contributed by atoms with Crippen LogP contribution >= 0.6 is 0 Å². The summed E-state index contributed by atoms with van der Waals surface area (Å²) in [6.45, 7) is -0.763. The lowest BCUT2D eigenvalue weighted by atomic mass is 10.0. The number of aliphatic carboxylic acids is 1. The van der Waals surface area contributed by atoms with Crippen LogP contribution in [0.25, 0.3) is 11.3 Å². The lowest BCUT2D eigenvalue weighted by molar-refractivity contribution is -0.139. The molecule has 1 N–H and O–H groups in total. The second-order valence-electron chi connectivity index (χ2n) is 10.2. The molecule has 4 aromatic rings. The van der Waals surface area contributed by atoms with Gasteiger partial charge in [0.1, 0.15) is 23.7 Å². The minimum Gasteiger partial charge on any atom is -0.493 e. The van der Waals surface area contributed by atoms with Gasteiger partial charge in [-0.3, -0.25) is 9.78 Å². The van der Waals surface area contributed by atoms with Crippen molar-refractivity contribution in [3.63, 3.8) is 0 Å². The van der Waals surface area contributed by atoms with Crippen molar-refractivity contribution < 1.29 is 51.6 Å².